The maximum atomic E-state index is 12.4. The lowest BCUT2D eigenvalue weighted by Gasteiger charge is -2.04. The molecule has 0 saturated heterocycles. The van der Waals surface area contributed by atoms with Crippen LogP contribution in [0.3, 0.4) is 0 Å². The van der Waals surface area contributed by atoms with Crippen LogP contribution in [0.4, 0.5) is 16.5 Å². The van der Waals surface area contributed by atoms with Gasteiger partial charge in [0, 0.05) is 12.1 Å². The van der Waals surface area contributed by atoms with Gasteiger partial charge in [0.2, 0.25) is 0 Å². The van der Waals surface area contributed by atoms with Crippen molar-refractivity contribution in [3.05, 3.63) is 67.8 Å². The van der Waals surface area contributed by atoms with E-state index in [0.717, 1.165) is 16.8 Å². The largest absolute Gasteiger partial charge is 0.298 e. The van der Waals surface area contributed by atoms with Gasteiger partial charge in [0.1, 0.15) is 5.56 Å². The van der Waals surface area contributed by atoms with Crippen molar-refractivity contribution in [2.75, 3.05) is 5.32 Å². The molecule has 0 aliphatic carbocycles. The van der Waals surface area contributed by atoms with Crippen LogP contribution in [-0.2, 0) is 0 Å². The van der Waals surface area contributed by atoms with Crippen LogP contribution >= 0.6 is 11.3 Å². The number of nitrogens with zero attached hydrogens (tertiary/aromatic N) is 3. The lowest BCUT2D eigenvalue weighted by Crippen LogP contribution is -2.13. The van der Waals surface area contributed by atoms with Crippen molar-refractivity contribution in [1.29, 1.82) is 0 Å². The van der Waals surface area contributed by atoms with E-state index in [1.807, 2.05) is 12.1 Å². The summed E-state index contributed by atoms with van der Waals surface area (Å²) >= 11 is 1.23. The van der Waals surface area contributed by atoms with Gasteiger partial charge in [-0.3, -0.25) is 30.3 Å². The zero-order chi connectivity index (χ0) is 18.1. The van der Waals surface area contributed by atoms with Gasteiger partial charge < -0.3 is 0 Å². The highest BCUT2D eigenvalue weighted by Gasteiger charge is 2.25. The van der Waals surface area contributed by atoms with Crippen molar-refractivity contribution in [3.8, 4) is 0 Å². The van der Waals surface area contributed by atoms with E-state index in [0.29, 0.717) is 10.6 Å². The van der Waals surface area contributed by atoms with E-state index in [1.54, 1.807) is 12.1 Å². The van der Waals surface area contributed by atoms with E-state index >= 15 is 0 Å². The summed E-state index contributed by atoms with van der Waals surface area (Å²) in [6.45, 7) is 1.27. The normalized spacial score (nSPS) is 10.6. The van der Waals surface area contributed by atoms with Crippen LogP contribution in [0.15, 0.2) is 36.4 Å². The Bertz CT molecular complexity index is 962. The number of carbonyl (C=O) groups excluding carboxylic acids is 1. The maximum absolute atomic E-state index is 12.4. The number of amides is 1. The molecule has 3 rings (SSSR count). The Morgan fingerprint density at radius 2 is 1.72 bits per heavy atom. The molecule has 10 heteroatoms. The van der Waals surface area contributed by atoms with Gasteiger partial charge in [-0.1, -0.05) is 23.5 Å². The Morgan fingerprint density at radius 1 is 1.12 bits per heavy atom. The molecule has 0 atom stereocenters. The number of nitro groups is 2. The standard InChI is InChI=1S/C15H10N4O5S/c1-8-11(18(21)22)6-9(7-12(8)19(23)24)14(20)17-15-16-10-4-2-3-5-13(10)25-15/h2-7H,1H3,(H,16,17,20). The number of aromatic nitrogens is 1. The summed E-state index contributed by atoms with van der Waals surface area (Å²) in [5.74, 6) is -0.703. The summed E-state index contributed by atoms with van der Waals surface area (Å²) < 4.78 is 0.860. The quantitative estimate of drug-likeness (QED) is 0.559. The van der Waals surface area contributed by atoms with Crippen LogP contribution in [0.5, 0.6) is 0 Å². The van der Waals surface area contributed by atoms with Gasteiger partial charge in [-0.2, -0.15) is 0 Å². The van der Waals surface area contributed by atoms with Gasteiger partial charge in [0.25, 0.3) is 17.3 Å². The number of rotatable bonds is 4. The third kappa shape index (κ3) is 3.15. The number of fused-ring (bicyclic) bond motifs is 1. The zero-order valence-electron chi connectivity index (χ0n) is 12.8. The third-order valence-electron chi connectivity index (χ3n) is 3.52. The molecule has 3 aromatic rings. The molecule has 1 heterocycles. The highest BCUT2D eigenvalue weighted by atomic mass is 32.1. The number of carbonyl (C=O) groups is 1. The Hall–Kier alpha value is -3.40. The average Bonchev–Trinajstić information content (AvgIpc) is 2.96. The summed E-state index contributed by atoms with van der Waals surface area (Å²) in [7, 11) is 0. The monoisotopic (exact) mass is 358 g/mol. The number of nitrogens with one attached hydrogen (secondary N) is 1. The van der Waals surface area contributed by atoms with Crippen molar-refractivity contribution in [2.24, 2.45) is 0 Å². The van der Waals surface area contributed by atoms with E-state index in [9.17, 15) is 25.0 Å². The van der Waals surface area contributed by atoms with Crippen LogP contribution < -0.4 is 5.32 Å². The predicted octanol–water partition coefficient (Wildman–Crippen LogP) is 3.67. The first-order valence-corrected chi connectivity index (χ1v) is 7.79. The van der Waals surface area contributed by atoms with Gasteiger partial charge in [-0.15, -0.1) is 0 Å². The van der Waals surface area contributed by atoms with Crippen LogP contribution in [0.1, 0.15) is 15.9 Å². The van der Waals surface area contributed by atoms with E-state index in [2.05, 4.69) is 10.3 Å². The summed E-state index contributed by atoms with van der Waals surface area (Å²) in [5.41, 5.74) is -0.550. The molecule has 0 unspecified atom stereocenters. The minimum absolute atomic E-state index is 0.105. The minimum atomic E-state index is -0.753. The van der Waals surface area contributed by atoms with Gasteiger partial charge in [-0.05, 0) is 19.1 Å². The van der Waals surface area contributed by atoms with Gasteiger partial charge >= 0.3 is 0 Å². The Labute approximate surface area is 144 Å². The Balaban J connectivity index is 1.98. The van der Waals surface area contributed by atoms with Crippen LogP contribution in [0.2, 0.25) is 0 Å². The van der Waals surface area contributed by atoms with Crippen molar-refractivity contribution in [1.82, 2.24) is 4.98 Å². The molecule has 1 amide bonds. The number of para-hydroxylation sites is 1. The fraction of sp³-hybridized carbons (Fsp3) is 0.0667. The molecule has 2 aromatic carbocycles. The molecule has 0 spiro atoms. The number of nitro benzene ring substituents is 2. The third-order valence-corrected chi connectivity index (χ3v) is 4.47. The first-order valence-electron chi connectivity index (χ1n) is 6.97. The molecule has 126 valence electrons. The van der Waals surface area contributed by atoms with Gasteiger partial charge in [0.15, 0.2) is 5.13 Å². The molecule has 0 aliphatic heterocycles. The van der Waals surface area contributed by atoms with E-state index in [1.165, 1.54) is 18.3 Å². The Morgan fingerprint density at radius 3 is 2.28 bits per heavy atom. The number of thiazole rings is 1. The van der Waals surface area contributed by atoms with Gasteiger partial charge in [-0.25, -0.2) is 4.98 Å². The van der Waals surface area contributed by atoms with Crippen LogP contribution in [0.25, 0.3) is 10.2 Å². The first-order chi connectivity index (χ1) is 11.9. The predicted molar refractivity (Wildman–Crippen MR) is 92.1 cm³/mol. The van der Waals surface area contributed by atoms with Crippen LogP contribution in [0, 0.1) is 27.2 Å². The van der Waals surface area contributed by atoms with E-state index in [-0.39, 0.29) is 11.1 Å². The molecular formula is C15H10N4O5S. The van der Waals surface area contributed by atoms with Crippen molar-refractivity contribution in [3.63, 3.8) is 0 Å². The summed E-state index contributed by atoms with van der Waals surface area (Å²) in [6.07, 6.45) is 0. The summed E-state index contributed by atoms with van der Waals surface area (Å²) in [4.78, 5) is 37.3. The summed E-state index contributed by atoms with van der Waals surface area (Å²) in [6, 6.07) is 9.29. The number of hydrogen-bond acceptors (Lipinski definition) is 7. The van der Waals surface area contributed by atoms with Crippen LogP contribution in [-0.4, -0.2) is 20.7 Å². The fourth-order valence-corrected chi connectivity index (χ4v) is 3.15. The number of benzene rings is 2. The second-order valence-corrected chi connectivity index (χ2v) is 6.13. The maximum Gasteiger partial charge on any atom is 0.279 e. The molecule has 0 saturated carbocycles. The molecule has 9 nitrogen and oxygen atoms in total. The second-order valence-electron chi connectivity index (χ2n) is 5.09. The average molecular weight is 358 g/mol. The van der Waals surface area contributed by atoms with Gasteiger partial charge in [0.05, 0.1) is 25.6 Å². The van der Waals surface area contributed by atoms with E-state index < -0.39 is 27.1 Å². The topological polar surface area (TPSA) is 128 Å². The number of anilines is 1. The first kappa shape index (κ1) is 16.5. The highest BCUT2D eigenvalue weighted by molar-refractivity contribution is 7.22. The molecule has 0 fully saturated rings. The SMILES string of the molecule is Cc1c([N+](=O)[O-])cc(C(=O)Nc2nc3ccccc3s2)cc1[N+](=O)[O-]. The van der Waals surface area contributed by atoms with Crippen molar-refractivity contribution < 1.29 is 14.6 Å². The lowest BCUT2D eigenvalue weighted by molar-refractivity contribution is -0.395. The Kier molecular flexibility index (Phi) is 4.11. The highest BCUT2D eigenvalue weighted by Crippen LogP contribution is 2.30. The minimum Gasteiger partial charge on any atom is -0.298 e. The second kappa shape index (κ2) is 6.24. The molecule has 25 heavy (non-hydrogen) atoms. The molecule has 0 radical (unpaired) electrons. The molecule has 1 aromatic heterocycles. The molecular weight excluding hydrogens is 348 g/mol. The van der Waals surface area contributed by atoms with E-state index in [4.69, 9.17) is 0 Å². The molecule has 0 aliphatic rings. The lowest BCUT2D eigenvalue weighted by atomic mass is 10.1. The zero-order valence-corrected chi connectivity index (χ0v) is 13.6. The molecule has 0 bridgehead atoms. The fourth-order valence-electron chi connectivity index (χ4n) is 2.29. The molecule has 1 N–H and O–H groups in total. The number of hydrogen-bond donors (Lipinski definition) is 1. The van der Waals surface area contributed by atoms with Crippen molar-refractivity contribution in [2.45, 2.75) is 6.92 Å². The smallest absolute Gasteiger partial charge is 0.279 e. The summed E-state index contributed by atoms with van der Waals surface area (Å²) in [5, 5.41) is 25.0. The van der Waals surface area contributed by atoms with Crippen molar-refractivity contribution >= 4 is 44.0 Å².